The molecular formula is C10H14ClNO2. The highest BCUT2D eigenvalue weighted by Crippen LogP contribution is 2.37. The fourth-order valence-corrected chi connectivity index (χ4v) is 1.60. The average molecular weight is 216 g/mol. The Balaban J connectivity index is 0.000000980. The van der Waals surface area contributed by atoms with Crippen LogP contribution >= 0.6 is 12.4 Å². The summed E-state index contributed by atoms with van der Waals surface area (Å²) in [7, 11) is 1.65. The summed E-state index contributed by atoms with van der Waals surface area (Å²) in [5, 5.41) is 0. The highest BCUT2D eigenvalue weighted by molar-refractivity contribution is 5.85. The first-order valence-corrected chi connectivity index (χ1v) is 4.37. The van der Waals surface area contributed by atoms with Crippen LogP contribution < -0.4 is 15.2 Å². The summed E-state index contributed by atoms with van der Waals surface area (Å²) in [6.07, 6.45) is 1.01. The number of rotatable bonds is 2. The Bertz CT molecular complexity index is 317. The van der Waals surface area contributed by atoms with Crippen LogP contribution in [0.25, 0.3) is 0 Å². The molecule has 3 nitrogen and oxygen atoms in total. The lowest BCUT2D eigenvalue weighted by atomic mass is 10.1. The number of hydrogen-bond donors (Lipinski definition) is 1. The van der Waals surface area contributed by atoms with Gasteiger partial charge in [-0.05, 0) is 6.07 Å². The maximum Gasteiger partial charge on any atom is 0.164 e. The van der Waals surface area contributed by atoms with Gasteiger partial charge in [0.15, 0.2) is 11.5 Å². The number of methoxy groups -OCH3 is 1. The maximum atomic E-state index is 5.63. The van der Waals surface area contributed by atoms with Crippen molar-refractivity contribution in [3.8, 4) is 11.5 Å². The molecule has 1 atom stereocenters. The van der Waals surface area contributed by atoms with Crippen LogP contribution in [-0.2, 0) is 6.42 Å². The summed E-state index contributed by atoms with van der Waals surface area (Å²) < 4.78 is 10.8. The van der Waals surface area contributed by atoms with E-state index in [0.717, 1.165) is 17.9 Å². The fraction of sp³-hybridized carbons (Fsp3) is 0.400. The van der Waals surface area contributed by atoms with Crippen molar-refractivity contribution in [3.63, 3.8) is 0 Å². The van der Waals surface area contributed by atoms with E-state index < -0.39 is 0 Å². The van der Waals surface area contributed by atoms with E-state index in [1.165, 1.54) is 5.56 Å². The van der Waals surface area contributed by atoms with E-state index in [4.69, 9.17) is 15.2 Å². The van der Waals surface area contributed by atoms with Crippen molar-refractivity contribution in [2.75, 3.05) is 13.7 Å². The van der Waals surface area contributed by atoms with Gasteiger partial charge in [0.2, 0.25) is 0 Å². The summed E-state index contributed by atoms with van der Waals surface area (Å²) in [5.41, 5.74) is 6.73. The molecule has 2 rings (SSSR count). The molecule has 0 amide bonds. The van der Waals surface area contributed by atoms with Gasteiger partial charge in [-0.2, -0.15) is 0 Å². The molecule has 1 aromatic rings. The van der Waals surface area contributed by atoms with Crippen molar-refractivity contribution in [1.29, 1.82) is 0 Å². The summed E-state index contributed by atoms with van der Waals surface area (Å²) in [6.45, 7) is 0.553. The van der Waals surface area contributed by atoms with Crippen LogP contribution in [0, 0.1) is 0 Å². The van der Waals surface area contributed by atoms with Crippen molar-refractivity contribution in [2.24, 2.45) is 5.73 Å². The smallest absolute Gasteiger partial charge is 0.164 e. The van der Waals surface area contributed by atoms with E-state index in [-0.39, 0.29) is 18.5 Å². The number of nitrogens with two attached hydrogens (primary N) is 1. The Morgan fingerprint density at radius 2 is 2.36 bits per heavy atom. The first-order chi connectivity index (χ1) is 6.35. The highest BCUT2D eigenvalue weighted by Gasteiger charge is 2.24. The highest BCUT2D eigenvalue weighted by atomic mass is 35.5. The number of benzene rings is 1. The molecule has 0 saturated heterocycles. The zero-order valence-corrected chi connectivity index (χ0v) is 8.84. The van der Waals surface area contributed by atoms with Gasteiger partial charge < -0.3 is 15.2 Å². The van der Waals surface area contributed by atoms with E-state index in [9.17, 15) is 0 Å². The van der Waals surface area contributed by atoms with Crippen molar-refractivity contribution >= 4 is 12.4 Å². The largest absolute Gasteiger partial charge is 0.493 e. The second kappa shape index (κ2) is 4.53. The first-order valence-electron chi connectivity index (χ1n) is 4.37. The van der Waals surface area contributed by atoms with Gasteiger partial charge in [0.1, 0.15) is 6.10 Å². The van der Waals surface area contributed by atoms with Crippen molar-refractivity contribution in [2.45, 2.75) is 12.5 Å². The minimum Gasteiger partial charge on any atom is -0.493 e. The lowest BCUT2D eigenvalue weighted by molar-refractivity contribution is 0.231. The second-order valence-electron chi connectivity index (χ2n) is 3.13. The molecule has 78 valence electrons. The average Bonchev–Trinajstić information content (AvgIpc) is 2.59. The zero-order valence-electron chi connectivity index (χ0n) is 8.03. The van der Waals surface area contributed by atoms with Gasteiger partial charge in [0.05, 0.1) is 7.11 Å². The molecule has 14 heavy (non-hydrogen) atoms. The molecular weight excluding hydrogens is 202 g/mol. The molecule has 1 unspecified atom stereocenters. The molecule has 0 aliphatic carbocycles. The van der Waals surface area contributed by atoms with Crippen LogP contribution in [0.4, 0.5) is 0 Å². The number of halogens is 1. The Hall–Kier alpha value is -0.930. The van der Waals surface area contributed by atoms with E-state index in [0.29, 0.717) is 6.54 Å². The molecule has 1 aliphatic rings. The van der Waals surface area contributed by atoms with Gasteiger partial charge in [-0.1, -0.05) is 12.1 Å². The number of fused-ring (bicyclic) bond motifs is 1. The molecule has 0 saturated carbocycles. The first kappa shape index (κ1) is 11.1. The van der Waals surface area contributed by atoms with Crippen LogP contribution in [0.2, 0.25) is 0 Å². The Labute approximate surface area is 89.6 Å². The normalized spacial score (nSPS) is 18.0. The van der Waals surface area contributed by atoms with Crippen LogP contribution in [0.1, 0.15) is 5.56 Å². The lowest BCUT2D eigenvalue weighted by Crippen LogP contribution is -2.24. The topological polar surface area (TPSA) is 44.5 Å². The Morgan fingerprint density at radius 1 is 1.57 bits per heavy atom. The molecule has 4 heteroatoms. The van der Waals surface area contributed by atoms with Gasteiger partial charge in [-0.3, -0.25) is 0 Å². The molecule has 1 aliphatic heterocycles. The SMILES string of the molecule is COc1cccc2c1OC(CN)C2.Cl. The molecule has 1 heterocycles. The number of hydrogen-bond acceptors (Lipinski definition) is 3. The standard InChI is InChI=1S/C10H13NO2.ClH/c1-12-9-4-2-3-7-5-8(6-11)13-10(7)9;/h2-4,8H,5-6,11H2,1H3;1H. The molecule has 0 fully saturated rings. The van der Waals surface area contributed by atoms with Gasteiger partial charge in [0, 0.05) is 18.5 Å². The van der Waals surface area contributed by atoms with Crippen molar-refractivity contribution in [3.05, 3.63) is 23.8 Å². The maximum absolute atomic E-state index is 5.63. The Kier molecular flexibility index (Phi) is 3.61. The minimum absolute atomic E-state index is 0. The molecule has 0 aromatic heterocycles. The quantitative estimate of drug-likeness (QED) is 0.811. The van der Waals surface area contributed by atoms with E-state index in [2.05, 4.69) is 0 Å². The predicted octanol–water partition coefficient (Wildman–Crippen LogP) is 1.38. The third-order valence-electron chi connectivity index (χ3n) is 2.28. The van der Waals surface area contributed by atoms with E-state index in [1.54, 1.807) is 7.11 Å². The predicted molar refractivity (Wildman–Crippen MR) is 57.4 cm³/mol. The summed E-state index contributed by atoms with van der Waals surface area (Å²) >= 11 is 0. The third-order valence-corrected chi connectivity index (χ3v) is 2.28. The summed E-state index contributed by atoms with van der Waals surface area (Å²) in [4.78, 5) is 0. The van der Waals surface area contributed by atoms with Crippen LogP contribution in [-0.4, -0.2) is 19.8 Å². The third kappa shape index (κ3) is 1.79. The van der Waals surface area contributed by atoms with Gasteiger partial charge in [-0.15, -0.1) is 12.4 Å². The van der Waals surface area contributed by atoms with Crippen LogP contribution in [0.3, 0.4) is 0 Å². The molecule has 2 N–H and O–H groups in total. The fourth-order valence-electron chi connectivity index (χ4n) is 1.60. The second-order valence-corrected chi connectivity index (χ2v) is 3.13. The summed E-state index contributed by atoms with van der Waals surface area (Å²) in [5.74, 6) is 1.66. The minimum atomic E-state index is 0. The van der Waals surface area contributed by atoms with Gasteiger partial charge in [0.25, 0.3) is 0 Å². The zero-order chi connectivity index (χ0) is 9.26. The molecule has 0 bridgehead atoms. The van der Waals surface area contributed by atoms with Crippen LogP contribution in [0.15, 0.2) is 18.2 Å². The molecule has 1 aromatic carbocycles. The van der Waals surface area contributed by atoms with E-state index >= 15 is 0 Å². The monoisotopic (exact) mass is 215 g/mol. The molecule has 0 radical (unpaired) electrons. The lowest BCUT2D eigenvalue weighted by Gasteiger charge is -2.08. The summed E-state index contributed by atoms with van der Waals surface area (Å²) in [6, 6.07) is 5.92. The molecule has 0 spiro atoms. The van der Waals surface area contributed by atoms with Gasteiger partial charge >= 0.3 is 0 Å². The van der Waals surface area contributed by atoms with Crippen LogP contribution in [0.5, 0.6) is 11.5 Å². The van der Waals surface area contributed by atoms with Crippen molar-refractivity contribution in [1.82, 2.24) is 0 Å². The van der Waals surface area contributed by atoms with Crippen molar-refractivity contribution < 1.29 is 9.47 Å². The number of para-hydroxylation sites is 1. The van der Waals surface area contributed by atoms with E-state index in [1.807, 2.05) is 18.2 Å². The number of ether oxygens (including phenoxy) is 2. The Morgan fingerprint density at radius 3 is 3.00 bits per heavy atom. The van der Waals surface area contributed by atoms with Gasteiger partial charge in [-0.25, -0.2) is 0 Å².